The Hall–Kier alpha value is -1.71. The van der Waals surface area contributed by atoms with Crippen LogP contribution >= 0.6 is 0 Å². The molecule has 3 aliphatic heterocycles. The second-order valence-corrected chi connectivity index (χ2v) is 5.12. The van der Waals surface area contributed by atoms with Crippen LogP contribution in [0.4, 0.5) is 0 Å². The third-order valence-corrected chi connectivity index (χ3v) is 3.98. The SMILES string of the molecule is CC(=O)N1CC=C(C2=C3CCN(C)C3=CCN2)C1. The van der Waals surface area contributed by atoms with Crippen molar-refractivity contribution in [2.45, 2.75) is 13.3 Å². The lowest BCUT2D eigenvalue weighted by molar-refractivity contribution is -0.127. The molecule has 4 nitrogen and oxygen atoms in total. The van der Waals surface area contributed by atoms with Gasteiger partial charge in [-0.3, -0.25) is 4.79 Å². The number of nitrogens with zero attached hydrogens (tertiary/aromatic N) is 2. The number of carbonyl (C=O) groups excluding carboxylic acids is 1. The molecule has 1 saturated heterocycles. The maximum atomic E-state index is 11.4. The number of likely N-dealkylation sites (N-methyl/N-ethyl adjacent to an activating group) is 1. The third-order valence-electron chi connectivity index (χ3n) is 3.98. The minimum atomic E-state index is 0.155. The van der Waals surface area contributed by atoms with E-state index in [1.807, 2.05) is 4.90 Å². The molecular weight excluding hydrogens is 226 g/mol. The van der Waals surface area contributed by atoms with E-state index in [4.69, 9.17) is 0 Å². The van der Waals surface area contributed by atoms with Crippen LogP contribution in [-0.2, 0) is 4.79 Å². The Morgan fingerprint density at radius 2 is 2.22 bits per heavy atom. The van der Waals surface area contributed by atoms with Crippen LogP contribution in [0.3, 0.4) is 0 Å². The highest BCUT2D eigenvalue weighted by atomic mass is 16.2. The highest BCUT2D eigenvalue weighted by molar-refractivity contribution is 5.74. The average molecular weight is 245 g/mol. The number of carbonyl (C=O) groups is 1. The summed E-state index contributed by atoms with van der Waals surface area (Å²) in [7, 11) is 2.15. The van der Waals surface area contributed by atoms with Gasteiger partial charge in [-0.25, -0.2) is 0 Å². The summed E-state index contributed by atoms with van der Waals surface area (Å²) >= 11 is 0. The number of fused-ring (bicyclic) bond motifs is 1. The first kappa shape index (κ1) is 11.4. The van der Waals surface area contributed by atoms with E-state index < -0.39 is 0 Å². The third kappa shape index (κ3) is 1.72. The first-order valence-corrected chi connectivity index (χ1v) is 6.50. The van der Waals surface area contributed by atoms with Crippen molar-refractivity contribution in [1.82, 2.24) is 15.1 Å². The topological polar surface area (TPSA) is 35.6 Å². The fourth-order valence-electron chi connectivity index (χ4n) is 2.93. The van der Waals surface area contributed by atoms with Crippen LogP contribution in [0.2, 0.25) is 0 Å². The van der Waals surface area contributed by atoms with Gasteiger partial charge in [0.05, 0.1) is 0 Å². The second kappa shape index (κ2) is 4.19. The van der Waals surface area contributed by atoms with Crippen LogP contribution in [0.25, 0.3) is 0 Å². The van der Waals surface area contributed by atoms with Gasteiger partial charge < -0.3 is 15.1 Å². The van der Waals surface area contributed by atoms with E-state index in [2.05, 4.69) is 29.4 Å². The smallest absolute Gasteiger partial charge is 0.220 e. The van der Waals surface area contributed by atoms with Crippen molar-refractivity contribution in [2.24, 2.45) is 0 Å². The van der Waals surface area contributed by atoms with Gasteiger partial charge in [-0.1, -0.05) is 6.08 Å². The van der Waals surface area contributed by atoms with Crippen molar-refractivity contribution in [3.63, 3.8) is 0 Å². The molecule has 3 heterocycles. The fourth-order valence-corrected chi connectivity index (χ4v) is 2.93. The van der Waals surface area contributed by atoms with Crippen LogP contribution in [0.5, 0.6) is 0 Å². The van der Waals surface area contributed by atoms with Crippen LogP contribution in [0.15, 0.2) is 34.7 Å². The number of likely N-dealkylation sites (tertiary alicyclic amines) is 1. The first-order chi connectivity index (χ1) is 8.66. The highest BCUT2D eigenvalue weighted by Crippen LogP contribution is 2.33. The predicted octanol–water partition coefficient (Wildman–Crippen LogP) is 0.852. The number of rotatable bonds is 1. The fraction of sp³-hybridized carbons (Fsp3) is 0.500. The van der Waals surface area contributed by atoms with E-state index in [0.29, 0.717) is 0 Å². The van der Waals surface area contributed by atoms with Crippen LogP contribution < -0.4 is 5.32 Å². The van der Waals surface area contributed by atoms with E-state index in [0.717, 1.165) is 32.6 Å². The van der Waals surface area contributed by atoms with E-state index in [9.17, 15) is 4.79 Å². The number of allylic oxidation sites excluding steroid dienone is 1. The molecule has 18 heavy (non-hydrogen) atoms. The Bertz CT molecular complexity index is 487. The molecule has 0 atom stereocenters. The normalized spacial score (nSPS) is 22.8. The summed E-state index contributed by atoms with van der Waals surface area (Å²) < 4.78 is 0. The number of dihydropyridines is 1. The largest absolute Gasteiger partial charge is 0.381 e. The van der Waals surface area contributed by atoms with Gasteiger partial charge in [0.2, 0.25) is 5.91 Å². The lowest BCUT2D eigenvalue weighted by Crippen LogP contribution is -2.29. The minimum Gasteiger partial charge on any atom is -0.381 e. The molecule has 0 aliphatic carbocycles. The standard InChI is InChI=1S/C14H19N3O/c1-10(18)17-8-4-11(9-17)14-12-5-7-16(2)13(12)3-6-15-14/h3-4,15H,5-9H2,1-2H3. The highest BCUT2D eigenvalue weighted by Gasteiger charge is 2.28. The molecule has 0 spiro atoms. The van der Waals surface area contributed by atoms with Gasteiger partial charge in [0.15, 0.2) is 0 Å². The van der Waals surface area contributed by atoms with E-state index >= 15 is 0 Å². The van der Waals surface area contributed by atoms with E-state index in [-0.39, 0.29) is 5.91 Å². The van der Waals surface area contributed by atoms with Gasteiger partial charge in [-0.15, -0.1) is 0 Å². The van der Waals surface area contributed by atoms with Crippen molar-refractivity contribution in [3.8, 4) is 0 Å². The zero-order valence-corrected chi connectivity index (χ0v) is 11.0. The molecule has 0 saturated carbocycles. The number of hydrogen-bond donors (Lipinski definition) is 1. The Kier molecular flexibility index (Phi) is 2.65. The molecule has 0 aromatic carbocycles. The van der Waals surface area contributed by atoms with E-state index in [1.54, 1.807) is 6.92 Å². The molecule has 0 aromatic rings. The maximum Gasteiger partial charge on any atom is 0.220 e. The molecule has 96 valence electrons. The quantitative estimate of drug-likeness (QED) is 0.744. The van der Waals surface area contributed by atoms with Crippen molar-refractivity contribution in [1.29, 1.82) is 0 Å². The maximum absolute atomic E-state index is 11.4. The molecule has 0 bridgehead atoms. The molecule has 3 aliphatic rings. The van der Waals surface area contributed by atoms with Crippen molar-refractivity contribution in [3.05, 3.63) is 34.7 Å². The van der Waals surface area contributed by atoms with Gasteiger partial charge in [-0.2, -0.15) is 0 Å². The van der Waals surface area contributed by atoms with Gasteiger partial charge in [0.1, 0.15) is 0 Å². The summed E-state index contributed by atoms with van der Waals surface area (Å²) in [6, 6.07) is 0. The zero-order valence-electron chi connectivity index (χ0n) is 11.0. The van der Waals surface area contributed by atoms with Crippen LogP contribution in [0, 0.1) is 0 Å². The molecule has 1 amide bonds. The summed E-state index contributed by atoms with van der Waals surface area (Å²) in [5, 5.41) is 3.48. The molecule has 4 heteroatoms. The van der Waals surface area contributed by atoms with Crippen LogP contribution in [0.1, 0.15) is 13.3 Å². The van der Waals surface area contributed by atoms with E-state index in [1.165, 1.54) is 22.5 Å². The predicted molar refractivity (Wildman–Crippen MR) is 70.7 cm³/mol. The number of nitrogens with one attached hydrogen (secondary N) is 1. The molecule has 0 unspecified atom stereocenters. The Balaban J connectivity index is 1.87. The Morgan fingerprint density at radius 1 is 1.39 bits per heavy atom. The molecular formula is C14H19N3O. The Morgan fingerprint density at radius 3 is 2.94 bits per heavy atom. The second-order valence-electron chi connectivity index (χ2n) is 5.12. The lowest BCUT2D eigenvalue weighted by atomic mass is 10.0. The van der Waals surface area contributed by atoms with Gasteiger partial charge >= 0.3 is 0 Å². The van der Waals surface area contributed by atoms with Crippen LogP contribution in [-0.4, -0.2) is 48.9 Å². The first-order valence-electron chi connectivity index (χ1n) is 6.50. The lowest BCUT2D eigenvalue weighted by Gasteiger charge is -2.23. The monoisotopic (exact) mass is 245 g/mol. The summed E-state index contributed by atoms with van der Waals surface area (Å²) in [4.78, 5) is 15.6. The molecule has 1 N–H and O–H groups in total. The number of hydrogen-bond acceptors (Lipinski definition) is 3. The van der Waals surface area contributed by atoms with Crippen molar-refractivity contribution < 1.29 is 4.79 Å². The molecule has 0 aromatic heterocycles. The van der Waals surface area contributed by atoms with Crippen molar-refractivity contribution >= 4 is 5.91 Å². The molecule has 0 radical (unpaired) electrons. The Labute approximate surface area is 108 Å². The summed E-state index contributed by atoms with van der Waals surface area (Å²) in [6.45, 7) is 5.11. The zero-order chi connectivity index (χ0) is 12.7. The summed E-state index contributed by atoms with van der Waals surface area (Å²) in [6.07, 6.45) is 5.53. The van der Waals surface area contributed by atoms with Gasteiger partial charge in [0.25, 0.3) is 0 Å². The summed E-state index contributed by atoms with van der Waals surface area (Å²) in [5.74, 6) is 0.155. The molecule has 1 fully saturated rings. The minimum absolute atomic E-state index is 0.155. The summed E-state index contributed by atoms with van der Waals surface area (Å²) in [5.41, 5.74) is 5.33. The average Bonchev–Trinajstić information content (AvgIpc) is 2.97. The molecule has 3 rings (SSSR count). The number of amides is 1. The van der Waals surface area contributed by atoms with Crippen molar-refractivity contribution in [2.75, 3.05) is 33.2 Å². The van der Waals surface area contributed by atoms with Gasteiger partial charge in [0, 0.05) is 57.1 Å². The van der Waals surface area contributed by atoms with Gasteiger partial charge in [-0.05, 0) is 18.1 Å².